The summed E-state index contributed by atoms with van der Waals surface area (Å²) in [6, 6.07) is 5.83. The zero-order valence-electron chi connectivity index (χ0n) is 17.8. The number of fused-ring (bicyclic) bond motifs is 1. The van der Waals surface area contributed by atoms with Crippen molar-refractivity contribution in [3.63, 3.8) is 0 Å². The van der Waals surface area contributed by atoms with Gasteiger partial charge in [-0.05, 0) is 49.1 Å². The molecule has 1 saturated heterocycles. The fraction of sp³-hybridized carbons (Fsp3) is 0.217. The highest BCUT2D eigenvalue weighted by molar-refractivity contribution is 6.31. The molecule has 174 valence electrons. The molecule has 0 spiro atoms. The lowest BCUT2D eigenvalue weighted by molar-refractivity contribution is -0.129. The molecule has 9 nitrogen and oxygen atoms in total. The fourth-order valence-corrected chi connectivity index (χ4v) is 4.80. The second-order valence-corrected chi connectivity index (χ2v) is 8.58. The summed E-state index contributed by atoms with van der Waals surface area (Å²) >= 11 is 5.94. The topological polar surface area (TPSA) is 140 Å². The summed E-state index contributed by atoms with van der Waals surface area (Å²) in [6.07, 6.45) is 5.45. The number of anilines is 1. The first kappa shape index (κ1) is 21.9. The van der Waals surface area contributed by atoms with Gasteiger partial charge in [0.25, 0.3) is 0 Å². The molecule has 0 bridgehead atoms. The number of benzene rings is 1. The molecule has 4 heterocycles. The molecular formula is C23H20ClFN6O3. The number of H-pyrrole nitrogens is 1. The maximum absolute atomic E-state index is 14.7. The van der Waals surface area contributed by atoms with E-state index in [2.05, 4.69) is 15.0 Å². The Morgan fingerprint density at radius 3 is 2.76 bits per heavy atom. The monoisotopic (exact) mass is 482 g/mol. The van der Waals surface area contributed by atoms with Crippen molar-refractivity contribution < 1.29 is 18.7 Å². The highest BCUT2D eigenvalue weighted by Crippen LogP contribution is 2.44. The van der Waals surface area contributed by atoms with Gasteiger partial charge < -0.3 is 26.1 Å². The summed E-state index contributed by atoms with van der Waals surface area (Å²) in [6.45, 7) is 0. The number of amides is 2. The summed E-state index contributed by atoms with van der Waals surface area (Å²) < 4.78 is 19.5. The Hall–Kier alpha value is -3.92. The summed E-state index contributed by atoms with van der Waals surface area (Å²) in [7, 11) is 0. The van der Waals surface area contributed by atoms with E-state index >= 15 is 0 Å². The molecule has 5 rings (SSSR count). The van der Waals surface area contributed by atoms with Gasteiger partial charge in [0, 0.05) is 23.4 Å². The molecule has 1 fully saturated rings. The molecule has 3 aromatic rings. The van der Waals surface area contributed by atoms with Crippen molar-refractivity contribution in [3.8, 4) is 17.1 Å². The first-order valence-corrected chi connectivity index (χ1v) is 10.9. The third-order valence-corrected chi connectivity index (χ3v) is 6.39. The number of pyridine rings is 1. The van der Waals surface area contributed by atoms with Crippen LogP contribution in [0.25, 0.3) is 17.0 Å². The van der Waals surface area contributed by atoms with Gasteiger partial charge >= 0.3 is 6.09 Å². The van der Waals surface area contributed by atoms with Crippen molar-refractivity contribution in [2.75, 3.05) is 5.73 Å². The molecule has 5 N–H and O–H groups in total. The molecule has 0 aliphatic carbocycles. The molecule has 0 radical (unpaired) electrons. The van der Waals surface area contributed by atoms with E-state index < -0.39 is 11.9 Å². The second kappa shape index (κ2) is 8.45. The van der Waals surface area contributed by atoms with Crippen molar-refractivity contribution >= 4 is 34.9 Å². The zero-order chi connectivity index (χ0) is 24.0. The maximum atomic E-state index is 14.7. The molecule has 2 atom stereocenters. The normalized spacial score (nSPS) is 19.6. The van der Waals surface area contributed by atoms with Crippen LogP contribution in [0.1, 0.15) is 36.7 Å². The third-order valence-electron chi connectivity index (χ3n) is 6.10. The largest absolute Gasteiger partial charge is 0.410 e. The quantitative estimate of drug-likeness (QED) is 0.483. The number of imidazole rings is 1. The number of primary amides is 1. The van der Waals surface area contributed by atoms with Gasteiger partial charge in [0.2, 0.25) is 5.91 Å². The molecule has 2 aromatic heterocycles. The standard InChI is InChI=1S/C23H20ClFN6O3/c24-14-3-4-15(26)20(21(14)25)11-7-12-1-6-18(31(12)19(32)8-11)22-29-10-17(30-22)16-5-2-13(9-28-16)34-23(27)33/h2-5,8-10,12,18H,1,6-7,26H2,(H2,27,33)(H,29,30)/t12?,18-/m0/s1. The number of carbonyl (C=O) groups is 2. The molecule has 1 unspecified atom stereocenters. The highest BCUT2D eigenvalue weighted by Gasteiger charge is 2.42. The molecule has 2 aliphatic heterocycles. The van der Waals surface area contributed by atoms with Crippen molar-refractivity contribution in [2.24, 2.45) is 5.73 Å². The second-order valence-electron chi connectivity index (χ2n) is 8.17. The fourth-order valence-electron chi connectivity index (χ4n) is 4.64. The van der Waals surface area contributed by atoms with Crippen LogP contribution in [0, 0.1) is 5.82 Å². The van der Waals surface area contributed by atoms with E-state index in [1.54, 1.807) is 29.3 Å². The van der Waals surface area contributed by atoms with Gasteiger partial charge in [-0.15, -0.1) is 0 Å². The SMILES string of the molecule is NC(=O)Oc1ccc(-c2cnc([C@@H]3CCC4CC(c5c(N)ccc(Cl)c5F)=CC(=O)N43)[nH]2)nc1. The van der Waals surface area contributed by atoms with Crippen LogP contribution < -0.4 is 16.2 Å². The number of halogens is 2. The van der Waals surface area contributed by atoms with E-state index in [1.807, 2.05) is 0 Å². The Morgan fingerprint density at radius 2 is 2.03 bits per heavy atom. The molecular weight excluding hydrogens is 463 g/mol. The Balaban J connectivity index is 1.38. The number of rotatable bonds is 4. The maximum Gasteiger partial charge on any atom is 0.410 e. The summed E-state index contributed by atoms with van der Waals surface area (Å²) in [5.74, 6) is 0.0269. The van der Waals surface area contributed by atoms with E-state index in [0.29, 0.717) is 35.6 Å². The van der Waals surface area contributed by atoms with E-state index in [-0.39, 0.29) is 40.0 Å². The van der Waals surface area contributed by atoms with E-state index in [4.69, 9.17) is 27.8 Å². The van der Waals surface area contributed by atoms with Crippen molar-refractivity contribution in [1.29, 1.82) is 0 Å². The number of aromatic amines is 1. The zero-order valence-corrected chi connectivity index (χ0v) is 18.6. The Labute approximate surface area is 198 Å². The van der Waals surface area contributed by atoms with E-state index in [1.165, 1.54) is 18.3 Å². The minimum absolute atomic E-state index is 0.0322. The molecule has 0 saturated carbocycles. The minimum Gasteiger partial charge on any atom is -0.409 e. The van der Waals surface area contributed by atoms with Crippen molar-refractivity contribution in [1.82, 2.24) is 19.9 Å². The molecule has 2 amide bonds. The lowest BCUT2D eigenvalue weighted by Gasteiger charge is -2.33. The van der Waals surface area contributed by atoms with Crippen LogP contribution in [0.5, 0.6) is 5.75 Å². The number of aromatic nitrogens is 3. The van der Waals surface area contributed by atoms with Gasteiger partial charge in [-0.1, -0.05) is 11.6 Å². The third kappa shape index (κ3) is 3.86. The Morgan fingerprint density at radius 1 is 1.21 bits per heavy atom. The number of ether oxygens (including phenoxy) is 1. The summed E-state index contributed by atoms with van der Waals surface area (Å²) in [4.78, 5) is 37.7. The average Bonchev–Trinajstić information content (AvgIpc) is 3.44. The number of nitrogen functional groups attached to an aromatic ring is 1. The van der Waals surface area contributed by atoms with Crippen molar-refractivity contribution in [2.45, 2.75) is 31.3 Å². The molecule has 1 aromatic carbocycles. The Kier molecular flexibility index (Phi) is 5.45. The van der Waals surface area contributed by atoms with Crippen LogP contribution in [-0.4, -0.2) is 37.9 Å². The van der Waals surface area contributed by atoms with Gasteiger partial charge in [-0.3, -0.25) is 9.78 Å². The van der Waals surface area contributed by atoms with E-state index in [0.717, 1.165) is 6.42 Å². The highest BCUT2D eigenvalue weighted by atomic mass is 35.5. The average molecular weight is 483 g/mol. The van der Waals surface area contributed by atoms with Gasteiger partial charge in [-0.2, -0.15) is 0 Å². The Bertz CT molecular complexity index is 1320. The van der Waals surface area contributed by atoms with Crippen LogP contribution >= 0.6 is 11.6 Å². The number of nitrogens with one attached hydrogen (secondary N) is 1. The molecule has 34 heavy (non-hydrogen) atoms. The number of carbonyl (C=O) groups excluding carboxylic acids is 2. The first-order chi connectivity index (χ1) is 16.3. The van der Waals surface area contributed by atoms with Crippen molar-refractivity contribution in [3.05, 3.63) is 65.0 Å². The minimum atomic E-state index is -0.918. The van der Waals surface area contributed by atoms with Crippen LogP contribution in [0.4, 0.5) is 14.9 Å². The number of hydrogen-bond donors (Lipinski definition) is 3. The first-order valence-electron chi connectivity index (χ1n) is 10.6. The number of hydrogen-bond acceptors (Lipinski definition) is 6. The van der Waals surface area contributed by atoms with Crippen LogP contribution in [-0.2, 0) is 4.79 Å². The van der Waals surface area contributed by atoms with E-state index in [9.17, 15) is 14.0 Å². The van der Waals surface area contributed by atoms with Crippen LogP contribution in [0.15, 0.2) is 42.7 Å². The van der Waals surface area contributed by atoms with Gasteiger partial charge in [-0.25, -0.2) is 14.2 Å². The number of nitrogens with two attached hydrogens (primary N) is 2. The lowest BCUT2D eigenvalue weighted by atomic mass is 9.92. The van der Waals surface area contributed by atoms with Gasteiger partial charge in [0.05, 0.1) is 34.8 Å². The van der Waals surface area contributed by atoms with Gasteiger partial charge in [0.1, 0.15) is 5.82 Å². The summed E-state index contributed by atoms with van der Waals surface area (Å²) in [5, 5.41) is -0.0322. The van der Waals surface area contributed by atoms with Gasteiger partial charge in [0.15, 0.2) is 11.6 Å². The van der Waals surface area contributed by atoms with Crippen LogP contribution in [0.3, 0.4) is 0 Å². The lowest BCUT2D eigenvalue weighted by Crippen LogP contribution is -2.39. The van der Waals surface area contributed by atoms with Crippen LogP contribution in [0.2, 0.25) is 5.02 Å². The molecule has 2 aliphatic rings. The number of nitrogens with zero attached hydrogens (tertiary/aromatic N) is 3. The molecule has 11 heteroatoms. The predicted octanol–water partition coefficient (Wildman–Crippen LogP) is 3.82. The predicted molar refractivity (Wildman–Crippen MR) is 123 cm³/mol. The smallest absolute Gasteiger partial charge is 0.409 e. The summed E-state index contributed by atoms with van der Waals surface area (Å²) in [5.41, 5.74) is 13.2.